The van der Waals surface area contributed by atoms with Gasteiger partial charge in [-0.2, -0.15) is 0 Å². The number of ether oxygens (including phenoxy) is 8. The third-order valence-corrected chi connectivity index (χ3v) is 20.7. The summed E-state index contributed by atoms with van der Waals surface area (Å²) >= 11 is 0. The molecule has 42 nitrogen and oxygen atoms in total. The minimum absolute atomic E-state index is 0.0790. The quantitative estimate of drug-likeness (QED) is 0.0200. The standard InChI is InChI=1S/C69H122N9O33P/c1-41(83)70-54-62(96)58(92)45(37-79)108-66(54)103-32-13-8-18-50(88)75-24-22-74(49(87)17-7-6-12-36-107-112(100,101)102-5)23-25-76(51(89)19-9-14-33-104-67-55(71-42(2)84)63(97)59(93)46(38-80)109-67)27-29-78(53(91)21-11-16-35-106-69-57(73-44(4)86)65(99)61(95)48(40-82)111-69)31-30-77(28-26-75)52(90)20-10-15-34-105-68-56(72-43(3)85)64(98)60(94)47(39-81)110-68/h45-48,54-69,79-82,92-99H,6-40H2,1-5H3,(H,70,83)(H,71,84)(H,72,85)(H,73,86)(H,100,101). The number of hydrogen-bond acceptors (Lipinski definition) is 32. The van der Waals surface area contributed by atoms with Crippen LogP contribution in [0.2, 0.25) is 0 Å². The van der Waals surface area contributed by atoms with Crippen molar-refractivity contribution in [2.75, 3.05) is 132 Å². The van der Waals surface area contributed by atoms with E-state index in [1.165, 1.54) is 52.2 Å². The second-order valence-electron chi connectivity index (χ2n) is 28.2. The van der Waals surface area contributed by atoms with Gasteiger partial charge in [0, 0.05) is 159 Å². The van der Waals surface area contributed by atoms with Crippen molar-refractivity contribution < 1.29 is 161 Å². The molecule has 112 heavy (non-hydrogen) atoms. The minimum atomic E-state index is -4.30. The molecule has 0 spiro atoms. The molecule has 5 aliphatic rings. The van der Waals surface area contributed by atoms with Gasteiger partial charge in [0.15, 0.2) is 25.2 Å². The second kappa shape index (κ2) is 50.2. The van der Waals surface area contributed by atoms with Gasteiger partial charge in [0.1, 0.15) is 97.4 Å². The van der Waals surface area contributed by atoms with E-state index >= 15 is 0 Å². The molecule has 0 aromatic rings. The third kappa shape index (κ3) is 31.5. The number of aliphatic hydroxyl groups is 12. The zero-order valence-electron chi connectivity index (χ0n) is 64.5. The van der Waals surface area contributed by atoms with Crippen molar-refractivity contribution in [3.05, 3.63) is 0 Å². The zero-order valence-corrected chi connectivity index (χ0v) is 65.4. The molecular weight excluding hydrogens is 1510 g/mol. The molecule has 0 saturated carbocycles. The average Bonchev–Trinajstić information content (AvgIpc) is 0.839. The normalized spacial score (nSPS) is 30.5. The molecule has 0 aromatic heterocycles. The highest BCUT2D eigenvalue weighted by Crippen LogP contribution is 2.42. The van der Waals surface area contributed by atoms with E-state index in [0.717, 1.165) is 7.11 Å². The van der Waals surface area contributed by atoms with Crippen molar-refractivity contribution in [1.29, 1.82) is 0 Å². The van der Waals surface area contributed by atoms with Crippen molar-refractivity contribution in [2.45, 2.75) is 253 Å². The van der Waals surface area contributed by atoms with Crippen molar-refractivity contribution >= 4 is 61.0 Å². The fourth-order valence-electron chi connectivity index (χ4n) is 13.4. The molecule has 646 valence electrons. The van der Waals surface area contributed by atoms with Gasteiger partial charge in [-0.15, -0.1) is 0 Å². The molecule has 17 N–H and O–H groups in total. The predicted octanol–water partition coefficient (Wildman–Crippen LogP) is -7.01. The summed E-state index contributed by atoms with van der Waals surface area (Å²) in [5.41, 5.74) is 0. The summed E-state index contributed by atoms with van der Waals surface area (Å²) in [5, 5.41) is 135. The molecule has 9 amide bonds. The first-order chi connectivity index (χ1) is 53.3. The molecule has 5 rings (SSSR count). The van der Waals surface area contributed by atoms with E-state index in [9.17, 15) is 114 Å². The number of carbonyl (C=O) groups is 9. The predicted molar refractivity (Wildman–Crippen MR) is 385 cm³/mol. The van der Waals surface area contributed by atoms with Gasteiger partial charge < -0.3 is 150 Å². The first kappa shape index (κ1) is 97.1. The number of nitrogens with one attached hydrogen (secondary N) is 4. The van der Waals surface area contributed by atoms with Gasteiger partial charge in [-0.25, -0.2) is 4.57 Å². The van der Waals surface area contributed by atoms with Crippen LogP contribution in [0.1, 0.15) is 130 Å². The van der Waals surface area contributed by atoms with Crippen molar-refractivity contribution in [3.8, 4) is 0 Å². The molecule has 5 aliphatic heterocycles. The van der Waals surface area contributed by atoms with Crippen LogP contribution >= 0.6 is 7.82 Å². The fraction of sp³-hybridized carbons (Fsp3) is 0.870. The van der Waals surface area contributed by atoms with Gasteiger partial charge in [-0.1, -0.05) is 6.42 Å². The van der Waals surface area contributed by atoms with Crippen molar-refractivity contribution in [3.63, 3.8) is 0 Å². The molecule has 0 aliphatic carbocycles. The largest absolute Gasteiger partial charge is 0.471 e. The number of carbonyl (C=O) groups excluding carboxylic acids is 9. The maximum atomic E-state index is 14.8. The zero-order chi connectivity index (χ0) is 82.8. The van der Waals surface area contributed by atoms with E-state index in [1.807, 2.05) is 0 Å². The van der Waals surface area contributed by atoms with Crippen LogP contribution in [0.4, 0.5) is 0 Å². The SMILES string of the molecule is COP(=O)(O)OCCCCCC(=O)N1CCN(C(=O)CCCCOC2OC(CO)C(O)C(O)C2NC(C)=O)CCN(C(=O)CCCCOC2OC(CO)C(O)C(O)C2NC(C)=O)CCN(C(=O)CCCCOC2OC(CO)C(O)C(O)C2NC(C)=O)CCN(C(=O)CCCCOC2OC(CO)C(O)C(O)C2NC(C)=O)CC1. The highest BCUT2D eigenvalue weighted by Gasteiger charge is 2.49. The lowest BCUT2D eigenvalue weighted by molar-refractivity contribution is -0.270. The van der Waals surface area contributed by atoms with E-state index in [-0.39, 0.29) is 195 Å². The number of amides is 9. The van der Waals surface area contributed by atoms with E-state index in [1.54, 1.807) is 0 Å². The first-order valence-electron chi connectivity index (χ1n) is 38.3. The molecule has 43 heteroatoms. The topological polar surface area (TPSA) is 590 Å². The molecule has 21 atom stereocenters. The Hall–Kier alpha value is -5.46. The Morgan fingerprint density at radius 1 is 0.330 bits per heavy atom. The maximum Gasteiger partial charge on any atom is 0.471 e. The Morgan fingerprint density at radius 3 is 0.714 bits per heavy atom. The Bertz CT molecular complexity index is 2780. The van der Waals surface area contributed by atoms with E-state index < -0.39 is 210 Å². The number of unbranched alkanes of at least 4 members (excludes halogenated alkanes) is 6. The van der Waals surface area contributed by atoms with Gasteiger partial charge >= 0.3 is 7.82 Å². The molecule has 5 fully saturated rings. The van der Waals surface area contributed by atoms with Crippen molar-refractivity contribution in [1.82, 2.24) is 45.8 Å². The molecule has 21 unspecified atom stereocenters. The van der Waals surface area contributed by atoms with Crippen LogP contribution in [0.5, 0.6) is 0 Å². The van der Waals surface area contributed by atoms with E-state index in [2.05, 4.69) is 25.8 Å². The lowest BCUT2D eigenvalue weighted by Gasteiger charge is -2.42. The summed E-state index contributed by atoms with van der Waals surface area (Å²) in [7, 11) is -3.29. The number of nitrogens with zero attached hydrogens (tertiary/aromatic N) is 5. The Labute approximate surface area is 650 Å². The van der Waals surface area contributed by atoms with E-state index in [0.29, 0.717) is 6.42 Å². The van der Waals surface area contributed by atoms with Crippen LogP contribution in [0.15, 0.2) is 0 Å². The van der Waals surface area contributed by atoms with Gasteiger partial charge in [0.25, 0.3) is 0 Å². The Morgan fingerprint density at radius 2 is 0.527 bits per heavy atom. The first-order valence-corrected chi connectivity index (χ1v) is 39.8. The monoisotopic (exact) mass is 1640 g/mol. The number of hydrogen-bond donors (Lipinski definition) is 17. The summed E-state index contributed by atoms with van der Waals surface area (Å²) in [5.74, 6) is -4.53. The highest BCUT2D eigenvalue weighted by atomic mass is 31.2. The summed E-state index contributed by atoms with van der Waals surface area (Å²) in [6, 6.07) is -4.98. The lowest BCUT2D eigenvalue weighted by atomic mass is 9.97. The van der Waals surface area contributed by atoms with Crippen LogP contribution in [0, 0.1) is 0 Å². The van der Waals surface area contributed by atoms with Gasteiger partial charge in [-0.3, -0.25) is 52.2 Å². The van der Waals surface area contributed by atoms with Crippen molar-refractivity contribution in [2.24, 2.45) is 0 Å². The second-order valence-corrected chi connectivity index (χ2v) is 29.8. The molecule has 0 radical (unpaired) electrons. The minimum Gasteiger partial charge on any atom is -0.394 e. The van der Waals surface area contributed by atoms with Gasteiger partial charge in [-0.05, 0) is 64.2 Å². The van der Waals surface area contributed by atoms with Crippen LogP contribution < -0.4 is 21.3 Å². The average molecular weight is 1640 g/mol. The third-order valence-electron chi connectivity index (χ3n) is 19.8. The van der Waals surface area contributed by atoms with Crippen LogP contribution in [-0.2, 0) is 94.7 Å². The fourth-order valence-corrected chi connectivity index (χ4v) is 13.8. The Kier molecular flexibility index (Phi) is 43.6. The van der Waals surface area contributed by atoms with Gasteiger partial charge in [0.2, 0.25) is 53.2 Å². The molecular formula is C69H122N9O33P. The number of phosphoric acid groups is 1. The summed E-state index contributed by atoms with van der Waals surface area (Å²) < 4.78 is 67.9. The Balaban J connectivity index is 1.47. The maximum absolute atomic E-state index is 14.8. The number of phosphoric ester groups is 1. The number of rotatable bonds is 40. The van der Waals surface area contributed by atoms with E-state index in [4.69, 9.17) is 42.4 Å². The molecule has 5 saturated heterocycles. The molecule has 0 aromatic carbocycles. The molecule has 0 bridgehead atoms. The lowest BCUT2D eigenvalue weighted by Crippen LogP contribution is -2.64. The van der Waals surface area contributed by atoms with Crippen LogP contribution in [-0.4, -0.2) is 398 Å². The summed E-state index contributed by atoms with van der Waals surface area (Å²) in [6.07, 6.45) is -21.6. The smallest absolute Gasteiger partial charge is 0.394 e. The van der Waals surface area contributed by atoms with Crippen LogP contribution in [0.3, 0.4) is 0 Å². The summed E-state index contributed by atoms with van der Waals surface area (Å²) in [6.45, 7) is -0.0482. The van der Waals surface area contributed by atoms with Crippen LogP contribution in [0.25, 0.3) is 0 Å². The summed E-state index contributed by atoms with van der Waals surface area (Å²) in [4.78, 5) is 139. The molecule has 5 heterocycles. The number of aliphatic hydroxyl groups excluding tert-OH is 12. The highest BCUT2D eigenvalue weighted by molar-refractivity contribution is 7.47. The van der Waals surface area contributed by atoms with Gasteiger partial charge in [0.05, 0.1) is 33.0 Å².